The number of aliphatic hydroxyl groups excluding tert-OH is 4. The number of hydrogen-bond acceptors (Lipinski definition) is 6. The molecule has 4 N–H and O–H groups in total. The fourth-order valence-corrected chi connectivity index (χ4v) is 3.35. The Labute approximate surface area is 158 Å². The summed E-state index contributed by atoms with van der Waals surface area (Å²) in [4.78, 5) is 0. The van der Waals surface area contributed by atoms with Gasteiger partial charge in [0.15, 0.2) is 6.29 Å². The summed E-state index contributed by atoms with van der Waals surface area (Å²) < 4.78 is 10.8. The van der Waals surface area contributed by atoms with Crippen molar-refractivity contribution in [3.8, 4) is 0 Å². The van der Waals surface area contributed by atoms with Crippen LogP contribution in [0.15, 0.2) is 0 Å². The van der Waals surface area contributed by atoms with Gasteiger partial charge in [0.25, 0.3) is 0 Å². The van der Waals surface area contributed by atoms with Crippen LogP contribution in [0.2, 0.25) is 0 Å². The highest BCUT2D eigenvalue weighted by molar-refractivity contribution is 4.88. The normalized spacial score (nSPS) is 29.2. The lowest BCUT2D eigenvalue weighted by Crippen LogP contribution is -2.59. The molecule has 0 amide bonds. The van der Waals surface area contributed by atoms with Gasteiger partial charge in [0, 0.05) is 6.61 Å². The second-order valence-electron chi connectivity index (χ2n) is 7.46. The highest BCUT2D eigenvalue weighted by Crippen LogP contribution is 2.22. The zero-order valence-electron chi connectivity index (χ0n) is 16.4. The van der Waals surface area contributed by atoms with E-state index in [0.29, 0.717) is 6.61 Å². The maximum Gasteiger partial charge on any atom is 0.186 e. The van der Waals surface area contributed by atoms with Crippen molar-refractivity contribution in [2.24, 2.45) is 0 Å². The van der Waals surface area contributed by atoms with Crippen LogP contribution >= 0.6 is 0 Å². The summed E-state index contributed by atoms with van der Waals surface area (Å²) in [5.41, 5.74) is 0. The van der Waals surface area contributed by atoms with Crippen LogP contribution in [0.25, 0.3) is 0 Å². The molecule has 0 aromatic carbocycles. The fraction of sp³-hybridized carbons (Fsp3) is 1.00. The first-order valence-electron chi connectivity index (χ1n) is 10.5. The van der Waals surface area contributed by atoms with Gasteiger partial charge in [-0.2, -0.15) is 0 Å². The van der Waals surface area contributed by atoms with Crippen LogP contribution in [-0.4, -0.2) is 64.3 Å². The van der Waals surface area contributed by atoms with Gasteiger partial charge in [-0.05, 0) is 6.42 Å². The average molecular weight is 377 g/mol. The van der Waals surface area contributed by atoms with Crippen LogP contribution in [0.1, 0.15) is 84.0 Å². The summed E-state index contributed by atoms with van der Waals surface area (Å²) >= 11 is 0. The first kappa shape index (κ1) is 23.8. The zero-order chi connectivity index (χ0) is 19.2. The molecule has 0 radical (unpaired) electrons. The second-order valence-corrected chi connectivity index (χ2v) is 7.46. The molecule has 1 fully saturated rings. The Morgan fingerprint density at radius 2 is 1.19 bits per heavy atom. The van der Waals surface area contributed by atoms with E-state index in [9.17, 15) is 15.3 Å². The highest BCUT2D eigenvalue weighted by Gasteiger charge is 2.43. The number of hydrogen-bond donors (Lipinski definition) is 4. The first-order chi connectivity index (χ1) is 12.6. The van der Waals surface area contributed by atoms with Crippen molar-refractivity contribution < 1.29 is 29.9 Å². The van der Waals surface area contributed by atoms with Crippen LogP contribution in [0.3, 0.4) is 0 Å². The summed E-state index contributed by atoms with van der Waals surface area (Å²) in [5, 5.41) is 38.4. The van der Waals surface area contributed by atoms with Gasteiger partial charge in [-0.15, -0.1) is 0 Å². The molecule has 1 heterocycles. The number of ether oxygens (including phenoxy) is 2. The lowest BCUT2D eigenvalue weighted by atomic mass is 9.99. The molecular weight excluding hydrogens is 336 g/mol. The van der Waals surface area contributed by atoms with E-state index in [1.165, 1.54) is 64.2 Å². The molecule has 1 aliphatic rings. The van der Waals surface area contributed by atoms with E-state index >= 15 is 0 Å². The van der Waals surface area contributed by atoms with Crippen molar-refractivity contribution in [3.63, 3.8) is 0 Å². The average Bonchev–Trinajstić information content (AvgIpc) is 2.65. The third-order valence-corrected chi connectivity index (χ3v) is 5.13. The molecule has 6 nitrogen and oxygen atoms in total. The summed E-state index contributed by atoms with van der Waals surface area (Å²) in [6.45, 7) is 2.25. The van der Waals surface area contributed by atoms with Crippen molar-refractivity contribution in [3.05, 3.63) is 0 Å². The van der Waals surface area contributed by atoms with Gasteiger partial charge < -0.3 is 29.9 Å². The lowest BCUT2D eigenvalue weighted by Gasteiger charge is -2.39. The Bertz CT molecular complexity index is 325. The summed E-state index contributed by atoms with van der Waals surface area (Å²) in [6, 6.07) is 0. The van der Waals surface area contributed by atoms with Crippen LogP contribution < -0.4 is 0 Å². The van der Waals surface area contributed by atoms with Gasteiger partial charge in [0.1, 0.15) is 24.4 Å². The predicted molar refractivity (Wildman–Crippen MR) is 101 cm³/mol. The SMILES string of the molecule is CCCCCCCCCCCCCCO[C@@H]1O[C@H](CO)[C@@H](O)[C@H](O)[C@@H]1O. The zero-order valence-corrected chi connectivity index (χ0v) is 16.4. The Balaban J connectivity index is 1.95. The maximum absolute atomic E-state index is 9.87. The first-order valence-corrected chi connectivity index (χ1v) is 10.5. The van der Waals surface area contributed by atoms with Gasteiger partial charge in [-0.3, -0.25) is 0 Å². The molecular formula is C20H40O6. The van der Waals surface area contributed by atoms with Crippen molar-refractivity contribution >= 4 is 0 Å². The van der Waals surface area contributed by atoms with Crippen molar-refractivity contribution in [1.82, 2.24) is 0 Å². The largest absolute Gasteiger partial charge is 0.394 e. The van der Waals surface area contributed by atoms with Crippen molar-refractivity contribution in [2.75, 3.05) is 13.2 Å². The fourth-order valence-electron chi connectivity index (χ4n) is 3.35. The number of unbranched alkanes of at least 4 members (excludes halogenated alkanes) is 11. The van der Waals surface area contributed by atoms with E-state index in [2.05, 4.69) is 6.92 Å². The number of aliphatic hydroxyl groups is 4. The van der Waals surface area contributed by atoms with E-state index in [0.717, 1.165) is 12.8 Å². The molecule has 0 aliphatic carbocycles. The van der Waals surface area contributed by atoms with Crippen LogP contribution in [0.5, 0.6) is 0 Å². The lowest BCUT2D eigenvalue weighted by molar-refractivity contribution is -0.301. The quantitative estimate of drug-likeness (QED) is 0.328. The topological polar surface area (TPSA) is 99.4 Å². The number of rotatable bonds is 15. The van der Waals surface area contributed by atoms with Crippen LogP contribution in [0.4, 0.5) is 0 Å². The highest BCUT2D eigenvalue weighted by atomic mass is 16.7. The third-order valence-electron chi connectivity index (χ3n) is 5.13. The van der Waals surface area contributed by atoms with Gasteiger partial charge in [0.05, 0.1) is 6.61 Å². The standard InChI is InChI=1S/C20H40O6/c1-2-3-4-5-6-7-8-9-10-11-12-13-14-25-20-19(24)18(23)17(22)16(15-21)26-20/h16-24H,2-15H2,1H3/t16-,17-,18+,19+,20-/m1/s1. The molecule has 5 atom stereocenters. The minimum absolute atomic E-state index is 0.427. The van der Waals surface area contributed by atoms with E-state index in [1.54, 1.807) is 0 Å². The minimum Gasteiger partial charge on any atom is -0.394 e. The summed E-state index contributed by atoms with van der Waals surface area (Å²) in [6.07, 6.45) is 9.21. The predicted octanol–water partition coefficient (Wildman–Crippen LogP) is 2.50. The smallest absolute Gasteiger partial charge is 0.186 e. The maximum atomic E-state index is 9.87. The molecule has 0 bridgehead atoms. The van der Waals surface area contributed by atoms with E-state index in [4.69, 9.17) is 14.6 Å². The Morgan fingerprint density at radius 3 is 1.69 bits per heavy atom. The van der Waals surface area contributed by atoms with Gasteiger partial charge >= 0.3 is 0 Å². The minimum atomic E-state index is -1.37. The monoisotopic (exact) mass is 376 g/mol. The Kier molecular flexibility index (Phi) is 13.5. The summed E-state index contributed by atoms with van der Waals surface area (Å²) in [5.74, 6) is 0. The molecule has 0 spiro atoms. The van der Waals surface area contributed by atoms with Crippen LogP contribution in [-0.2, 0) is 9.47 Å². The molecule has 0 unspecified atom stereocenters. The van der Waals surface area contributed by atoms with Crippen molar-refractivity contribution in [2.45, 2.75) is 115 Å². The van der Waals surface area contributed by atoms with Gasteiger partial charge in [-0.25, -0.2) is 0 Å². The molecule has 0 saturated carbocycles. The summed E-state index contributed by atoms with van der Waals surface area (Å²) in [7, 11) is 0. The second kappa shape index (κ2) is 14.8. The third kappa shape index (κ3) is 9.11. The molecule has 1 saturated heterocycles. The molecule has 0 aromatic rings. The van der Waals surface area contributed by atoms with Gasteiger partial charge in [0.2, 0.25) is 0 Å². The molecule has 1 aliphatic heterocycles. The van der Waals surface area contributed by atoms with Crippen LogP contribution in [0, 0.1) is 0 Å². The van der Waals surface area contributed by atoms with Crippen molar-refractivity contribution in [1.29, 1.82) is 0 Å². The Hall–Kier alpha value is -0.240. The van der Waals surface area contributed by atoms with Gasteiger partial charge in [-0.1, -0.05) is 77.6 Å². The van der Waals surface area contributed by atoms with E-state index in [-0.39, 0.29) is 0 Å². The molecule has 6 heteroatoms. The molecule has 1 rings (SSSR count). The van der Waals surface area contributed by atoms with E-state index in [1.807, 2.05) is 0 Å². The van der Waals surface area contributed by atoms with E-state index < -0.39 is 37.3 Å². The molecule has 0 aromatic heterocycles. The molecule has 156 valence electrons. The Morgan fingerprint density at radius 1 is 0.692 bits per heavy atom. The molecule has 26 heavy (non-hydrogen) atoms.